The number of carbonyl (C=O) groups excluding carboxylic acids is 1. The molecule has 30 heavy (non-hydrogen) atoms. The van der Waals surface area contributed by atoms with Crippen molar-refractivity contribution < 1.29 is 27.5 Å². The molecular weight excluding hydrogens is 394 g/mol. The highest BCUT2D eigenvalue weighted by atomic mass is 19.1. The quantitative estimate of drug-likeness (QED) is 0.634. The largest absolute Gasteiger partial charge is 0.491 e. The highest BCUT2D eigenvalue weighted by Gasteiger charge is 2.31. The van der Waals surface area contributed by atoms with Crippen LogP contribution in [0.5, 0.6) is 5.75 Å². The fourth-order valence-electron chi connectivity index (χ4n) is 3.57. The first-order valence-corrected chi connectivity index (χ1v) is 9.41. The summed E-state index contributed by atoms with van der Waals surface area (Å²) in [6.45, 7) is 0.477. The fraction of sp³-hybridized carbons (Fsp3) is 0.273. The fourth-order valence-corrected chi connectivity index (χ4v) is 3.57. The van der Waals surface area contributed by atoms with Gasteiger partial charge in [-0.1, -0.05) is 30.3 Å². The van der Waals surface area contributed by atoms with E-state index in [9.17, 15) is 13.6 Å². The van der Waals surface area contributed by atoms with Gasteiger partial charge in [0.2, 0.25) is 5.89 Å². The van der Waals surface area contributed by atoms with E-state index >= 15 is 0 Å². The van der Waals surface area contributed by atoms with Gasteiger partial charge in [-0.25, -0.2) is 13.8 Å². The number of hydrogen-bond acceptors (Lipinski definition) is 5. The lowest BCUT2D eigenvalue weighted by molar-refractivity contribution is 0.0721. The summed E-state index contributed by atoms with van der Waals surface area (Å²) < 4.78 is 44.4. The average Bonchev–Trinajstić information content (AvgIpc) is 3.18. The molecule has 2 aromatic carbocycles. The van der Waals surface area contributed by atoms with E-state index in [0.29, 0.717) is 30.3 Å². The highest BCUT2D eigenvalue weighted by molar-refractivity contribution is 5.95. The summed E-state index contributed by atoms with van der Waals surface area (Å²) >= 11 is 0. The van der Waals surface area contributed by atoms with E-state index in [-0.39, 0.29) is 12.1 Å². The zero-order valence-electron chi connectivity index (χ0n) is 16.5. The Morgan fingerprint density at radius 2 is 1.93 bits per heavy atom. The zero-order valence-corrected chi connectivity index (χ0v) is 16.5. The van der Waals surface area contributed by atoms with Crippen LogP contribution in [0.25, 0.3) is 0 Å². The number of rotatable bonds is 5. The highest BCUT2D eigenvalue weighted by Crippen LogP contribution is 2.30. The van der Waals surface area contributed by atoms with Crippen molar-refractivity contribution in [2.24, 2.45) is 0 Å². The van der Waals surface area contributed by atoms with E-state index in [4.69, 9.17) is 13.9 Å². The second kappa shape index (κ2) is 8.23. The van der Waals surface area contributed by atoms with Gasteiger partial charge in [0.25, 0.3) is 5.91 Å². The van der Waals surface area contributed by atoms with Gasteiger partial charge in [0, 0.05) is 20.1 Å². The lowest BCUT2D eigenvalue weighted by atomic mass is 10.1. The molecule has 0 fully saturated rings. The molecule has 0 radical (unpaired) electrons. The summed E-state index contributed by atoms with van der Waals surface area (Å²) in [6, 6.07) is 11.7. The van der Waals surface area contributed by atoms with Crippen LogP contribution in [0.2, 0.25) is 0 Å². The SMILES string of the molecule is COc1c(F)ccc(C(=O)N2CCc3oc(C(OC)c4ccccc4)nc3C2)c1F. The molecule has 0 aliphatic carbocycles. The van der Waals surface area contributed by atoms with E-state index in [2.05, 4.69) is 4.98 Å². The number of oxazole rings is 1. The minimum atomic E-state index is -1.02. The predicted molar refractivity (Wildman–Crippen MR) is 103 cm³/mol. The number of benzene rings is 2. The summed E-state index contributed by atoms with van der Waals surface area (Å²) in [4.78, 5) is 18.8. The van der Waals surface area contributed by atoms with Crippen molar-refractivity contribution in [1.29, 1.82) is 0 Å². The van der Waals surface area contributed by atoms with Crippen molar-refractivity contribution in [1.82, 2.24) is 9.88 Å². The van der Waals surface area contributed by atoms with Crippen molar-refractivity contribution in [2.45, 2.75) is 19.1 Å². The molecule has 4 rings (SSSR count). The maximum Gasteiger partial charge on any atom is 0.257 e. The van der Waals surface area contributed by atoms with Gasteiger partial charge in [0.1, 0.15) is 11.5 Å². The van der Waals surface area contributed by atoms with Crippen molar-refractivity contribution >= 4 is 5.91 Å². The van der Waals surface area contributed by atoms with Crippen LogP contribution in [0.3, 0.4) is 0 Å². The Labute approximate surface area is 172 Å². The molecule has 0 saturated carbocycles. The van der Waals surface area contributed by atoms with Gasteiger partial charge in [0.05, 0.1) is 19.2 Å². The zero-order chi connectivity index (χ0) is 21.3. The van der Waals surface area contributed by atoms with Crippen LogP contribution >= 0.6 is 0 Å². The van der Waals surface area contributed by atoms with Crippen LogP contribution in [0.4, 0.5) is 8.78 Å². The average molecular weight is 414 g/mol. The first kappa shape index (κ1) is 20.0. The van der Waals surface area contributed by atoms with E-state index < -0.39 is 29.4 Å². The third kappa shape index (κ3) is 3.54. The number of nitrogens with zero attached hydrogens (tertiary/aromatic N) is 2. The standard InChI is InChI=1S/C22H20F2N2O4/c1-28-19(13-6-4-3-5-7-13)21-25-16-12-26(11-10-17(16)30-21)22(27)14-8-9-15(23)20(29-2)18(14)24/h3-9,19H,10-12H2,1-2H3. The molecule has 0 saturated heterocycles. The summed E-state index contributed by atoms with van der Waals surface area (Å²) in [5.74, 6) is -1.94. The number of halogens is 2. The Bertz CT molecular complexity index is 1070. The molecule has 2 heterocycles. The minimum Gasteiger partial charge on any atom is -0.491 e. The Kier molecular flexibility index (Phi) is 5.50. The van der Waals surface area contributed by atoms with Crippen LogP contribution < -0.4 is 4.74 Å². The Morgan fingerprint density at radius 1 is 1.17 bits per heavy atom. The number of fused-ring (bicyclic) bond motifs is 1. The molecule has 0 bridgehead atoms. The number of aromatic nitrogens is 1. The van der Waals surface area contributed by atoms with Gasteiger partial charge in [-0.3, -0.25) is 4.79 Å². The topological polar surface area (TPSA) is 64.8 Å². The van der Waals surface area contributed by atoms with Gasteiger partial charge >= 0.3 is 0 Å². The lowest BCUT2D eigenvalue weighted by Gasteiger charge is -2.25. The van der Waals surface area contributed by atoms with Gasteiger partial charge in [0.15, 0.2) is 23.5 Å². The molecule has 0 N–H and O–H groups in total. The Hall–Kier alpha value is -3.26. The monoisotopic (exact) mass is 414 g/mol. The number of carbonyl (C=O) groups is 1. The smallest absolute Gasteiger partial charge is 0.257 e. The van der Waals surface area contributed by atoms with Crippen molar-refractivity contribution in [3.63, 3.8) is 0 Å². The Balaban J connectivity index is 1.58. The molecular formula is C22H20F2N2O4. The molecule has 1 amide bonds. The first-order chi connectivity index (χ1) is 14.5. The third-order valence-corrected chi connectivity index (χ3v) is 5.08. The Morgan fingerprint density at radius 3 is 2.63 bits per heavy atom. The second-order valence-corrected chi connectivity index (χ2v) is 6.87. The number of amides is 1. The van der Waals surface area contributed by atoms with Gasteiger partial charge in [-0.2, -0.15) is 0 Å². The summed E-state index contributed by atoms with van der Waals surface area (Å²) in [5.41, 5.74) is 1.24. The molecule has 0 spiro atoms. The lowest BCUT2D eigenvalue weighted by Crippen LogP contribution is -2.36. The van der Waals surface area contributed by atoms with Crippen LogP contribution in [-0.2, 0) is 17.7 Å². The van der Waals surface area contributed by atoms with Crippen LogP contribution in [0.1, 0.15) is 39.4 Å². The number of methoxy groups -OCH3 is 2. The first-order valence-electron chi connectivity index (χ1n) is 9.41. The van der Waals surface area contributed by atoms with E-state index in [1.807, 2.05) is 30.3 Å². The molecule has 1 atom stereocenters. The molecule has 6 nitrogen and oxygen atoms in total. The van der Waals surface area contributed by atoms with E-state index in [0.717, 1.165) is 24.8 Å². The molecule has 156 valence electrons. The summed E-state index contributed by atoms with van der Waals surface area (Å²) in [6.07, 6.45) is -0.0426. The third-order valence-electron chi connectivity index (χ3n) is 5.08. The predicted octanol–water partition coefficient (Wildman–Crippen LogP) is 3.90. The summed E-state index contributed by atoms with van der Waals surface area (Å²) in [7, 11) is 2.72. The number of ether oxygens (including phenoxy) is 2. The van der Waals surface area contributed by atoms with Gasteiger partial charge < -0.3 is 18.8 Å². The second-order valence-electron chi connectivity index (χ2n) is 6.87. The van der Waals surface area contributed by atoms with Gasteiger partial charge in [-0.05, 0) is 17.7 Å². The van der Waals surface area contributed by atoms with E-state index in [1.54, 1.807) is 7.11 Å². The number of hydrogen-bond donors (Lipinski definition) is 0. The molecule has 1 aliphatic rings. The van der Waals surface area contributed by atoms with Gasteiger partial charge in [-0.15, -0.1) is 0 Å². The minimum absolute atomic E-state index is 0.155. The van der Waals surface area contributed by atoms with Crippen LogP contribution in [0, 0.1) is 11.6 Å². The summed E-state index contributed by atoms with van der Waals surface area (Å²) in [5, 5.41) is 0. The van der Waals surface area contributed by atoms with E-state index in [1.165, 1.54) is 4.90 Å². The molecule has 1 aliphatic heterocycles. The molecule has 8 heteroatoms. The normalized spacial score (nSPS) is 14.3. The van der Waals surface area contributed by atoms with Crippen LogP contribution in [-0.4, -0.2) is 36.6 Å². The van der Waals surface area contributed by atoms with Crippen molar-refractivity contribution in [3.05, 3.63) is 82.6 Å². The molecule has 1 unspecified atom stereocenters. The van der Waals surface area contributed by atoms with Crippen molar-refractivity contribution in [3.8, 4) is 5.75 Å². The maximum absolute atomic E-state index is 14.5. The molecule has 3 aromatic rings. The van der Waals surface area contributed by atoms with Crippen LogP contribution in [0.15, 0.2) is 46.9 Å². The van der Waals surface area contributed by atoms with Crippen molar-refractivity contribution in [2.75, 3.05) is 20.8 Å². The maximum atomic E-state index is 14.5. The molecule has 1 aromatic heterocycles.